The summed E-state index contributed by atoms with van der Waals surface area (Å²) in [5, 5.41) is 3.31. The number of nitrogens with zero attached hydrogens (tertiary/aromatic N) is 1. The summed E-state index contributed by atoms with van der Waals surface area (Å²) in [7, 11) is 0. The molecule has 0 spiro atoms. The number of nitrogens with two attached hydrogens (primary N) is 2. The lowest BCUT2D eigenvalue weighted by Crippen LogP contribution is -2.36. The van der Waals surface area contributed by atoms with Gasteiger partial charge in [0.25, 0.3) is 0 Å². The molecule has 0 saturated carbocycles. The van der Waals surface area contributed by atoms with Gasteiger partial charge in [-0.25, -0.2) is 10.6 Å². The number of hydrogen-bond donors (Lipinski definition) is 3. The average Bonchev–Trinajstić information content (AvgIpc) is 2.02. The maximum atomic E-state index is 10.4. The van der Waals surface area contributed by atoms with Gasteiger partial charge in [0.15, 0.2) is 0 Å². The molecule has 0 aliphatic rings. The number of carbonyl (C=O) groups excluding carboxylic acids is 1. The fourth-order valence-corrected chi connectivity index (χ4v) is 0.308. The van der Waals surface area contributed by atoms with Gasteiger partial charge in [0.2, 0.25) is 0 Å². The summed E-state index contributed by atoms with van der Waals surface area (Å²) in [6.45, 7) is 8.99. The van der Waals surface area contributed by atoms with Gasteiger partial charge in [0.05, 0.1) is 0 Å². The first kappa shape index (κ1) is 15.2. The number of hydrogen-bond acceptors (Lipinski definition) is 5. The van der Waals surface area contributed by atoms with Crippen molar-refractivity contribution in [3.8, 4) is 0 Å². The molecule has 0 saturated heterocycles. The molecule has 0 aromatic heterocycles. The van der Waals surface area contributed by atoms with Crippen molar-refractivity contribution in [2.24, 2.45) is 16.8 Å². The Morgan fingerprint density at radius 1 is 1.36 bits per heavy atom. The van der Waals surface area contributed by atoms with Crippen LogP contribution in [0.25, 0.3) is 0 Å². The van der Waals surface area contributed by atoms with Crippen molar-refractivity contribution >= 4 is 11.8 Å². The van der Waals surface area contributed by atoms with Gasteiger partial charge < -0.3 is 10.6 Å². The predicted molar refractivity (Wildman–Crippen MR) is 56.5 cm³/mol. The lowest BCUT2D eigenvalue weighted by atomic mass is 10.2. The van der Waals surface area contributed by atoms with E-state index in [-0.39, 0.29) is 0 Å². The fraction of sp³-hybridized carbons (Fsp3) is 0.750. The van der Waals surface area contributed by atoms with Crippen LogP contribution in [0.5, 0.6) is 0 Å². The van der Waals surface area contributed by atoms with Gasteiger partial charge in [-0.1, -0.05) is 0 Å². The number of ether oxygens (including phenoxy) is 1. The van der Waals surface area contributed by atoms with E-state index in [4.69, 9.17) is 16.4 Å². The zero-order chi connectivity index (χ0) is 11.8. The minimum atomic E-state index is -0.609. The van der Waals surface area contributed by atoms with E-state index in [1.165, 1.54) is 0 Å². The third kappa shape index (κ3) is 17.0. The molecule has 0 unspecified atom stereocenters. The van der Waals surface area contributed by atoms with E-state index >= 15 is 0 Å². The molecule has 0 fully saturated rings. The van der Waals surface area contributed by atoms with Crippen LogP contribution in [-0.4, -0.2) is 17.4 Å². The number of nitrogens with one attached hydrogen (secondary N) is 1. The Hall–Kier alpha value is -1.30. The molecule has 0 aromatic rings. The molecule has 6 heteroatoms. The van der Waals surface area contributed by atoms with Gasteiger partial charge in [0.1, 0.15) is 5.60 Å². The van der Waals surface area contributed by atoms with Gasteiger partial charge in [-0.05, 0) is 34.6 Å². The molecule has 0 bridgehead atoms. The van der Waals surface area contributed by atoms with Gasteiger partial charge in [-0.2, -0.15) is 5.10 Å². The Balaban J connectivity index is 0. The summed E-state index contributed by atoms with van der Waals surface area (Å²) in [5.41, 5.74) is 2.30. The van der Waals surface area contributed by atoms with Crippen LogP contribution in [0, 0.1) is 0 Å². The van der Waals surface area contributed by atoms with E-state index in [1.807, 2.05) is 19.3 Å². The van der Waals surface area contributed by atoms with Crippen molar-refractivity contribution < 1.29 is 9.53 Å². The Kier molecular flexibility index (Phi) is 7.74. The van der Waals surface area contributed by atoms with Gasteiger partial charge >= 0.3 is 6.09 Å². The first-order valence-corrected chi connectivity index (χ1v) is 4.13. The monoisotopic (exact) mass is 204 g/mol. The summed E-state index contributed by atoms with van der Waals surface area (Å²) in [5.74, 6) is 9.51. The van der Waals surface area contributed by atoms with Crippen LogP contribution >= 0.6 is 0 Å². The van der Waals surface area contributed by atoms with E-state index < -0.39 is 11.7 Å². The molecule has 0 radical (unpaired) electrons. The van der Waals surface area contributed by atoms with Crippen LogP contribution in [-0.2, 0) is 4.74 Å². The first-order chi connectivity index (χ1) is 6.22. The molecule has 0 aromatic carbocycles. The maximum Gasteiger partial charge on any atom is 0.421 e. The SMILES string of the molecule is CC(C)(C)OC(=O)NN.CC(C)=NN. The molecule has 5 N–H and O–H groups in total. The number of hydrazone groups is 1. The zero-order valence-corrected chi connectivity index (χ0v) is 9.42. The Morgan fingerprint density at radius 2 is 1.71 bits per heavy atom. The van der Waals surface area contributed by atoms with Crippen molar-refractivity contribution in [2.45, 2.75) is 40.2 Å². The quantitative estimate of drug-likeness (QED) is 0.234. The lowest BCUT2D eigenvalue weighted by molar-refractivity contribution is 0.0527. The molecule has 0 rings (SSSR count). The van der Waals surface area contributed by atoms with E-state index in [2.05, 4.69) is 5.10 Å². The zero-order valence-electron chi connectivity index (χ0n) is 9.42. The smallest absolute Gasteiger partial charge is 0.421 e. The summed E-state index contributed by atoms with van der Waals surface area (Å²) in [6, 6.07) is 0. The Bertz CT molecular complexity index is 192. The van der Waals surface area contributed by atoms with Crippen LogP contribution in [0.2, 0.25) is 0 Å². The van der Waals surface area contributed by atoms with Crippen LogP contribution in [0.3, 0.4) is 0 Å². The molecule has 6 nitrogen and oxygen atoms in total. The highest BCUT2D eigenvalue weighted by Gasteiger charge is 2.14. The maximum absolute atomic E-state index is 10.4. The topological polar surface area (TPSA) is 103 Å². The first-order valence-electron chi connectivity index (χ1n) is 4.13. The molecule has 14 heavy (non-hydrogen) atoms. The molecule has 0 heterocycles. The normalized spacial score (nSPS) is 9.29. The molecule has 0 aliphatic heterocycles. The lowest BCUT2D eigenvalue weighted by Gasteiger charge is -2.18. The molecular weight excluding hydrogens is 184 g/mol. The summed E-state index contributed by atoms with van der Waals surface area (Å²) in [4.78, 5) is 10.4. The van der Waals surface area contributed by atoms with Crippen molar-refractivity contribution in [1.29, 1.82) is 0 Å². The molecule has 84 valence electrons. The van der Waals surface area contributed by atoms with E-state index in [9.17, 15) is 4.79 Å². The Labute approximate surface area is 84.6 Å². The minimum Gasteiger partial charge on any atom is -0.443 e. The highest BCUT2D eigenvalue weighted by Crippen LogP contribution is 2.05. The molecule has 0 aliphatic carbocycles. The van der Waals surface area contributed by atoms with Crippen LogP contribution in [0.4, 0.5) is 4.79 Å². The third-order valence-corrected chi connectivity index (χ3v) is 0.775. The predicted octanol–water partition coefficient (Wildman–Crippen LogP) is 0.726. The van der Waals surface area contributed by atoms with Crippen molar-refractivity contribution in [1.82, 2.24) is 5.43 Å². The summed E-state index contributed by atoms with van der Waals surface area (Å²) >= 11 is 0. The van der Waals surface area contributed by atoms with Crippen LogP contribution in [0.15, 0.2) is 5.10 Å². The summed E-state index contributed by atoms with van der Waals surface area (Å²) in [6.07, 6.45) is -0.609. The average molecular weight is 204 g/mol. The van der Waals surface area contributed by atoms with Crippen molar-refractivity contribution in [3.63, 3.8) is 0 Å². The number of amides is 1. The highest BCUT2D eigenvalue weighted by molar-refractivity contribution is 5.78. The van der Waals surface area contributed by atoms with Crippen molar-refractivity contribution in [3.05, 3.63) is 0 Å². The van der Waals surface area contributed by atoms with Crippen LogP contribution < -0.4 is 17.1 Å². The van der Waals surface area contributed by atoms with E-state index in [0.29, 0.717) is 0 Å². The number of carbonyl (C=O) groups is 1. The third-order valence-electron chi connectivity index (χ3n) is 0.775. The van der Waals surface area contributed by atoms with Crippen LogP contribution in [0.1, 0.15) is 34.6 Å². The minimum absolute atomic E-state index is 0.469. The van der Waals surface area contributed by atoms with E-state index in [0.717, 1.165) is 5.71 Å². The largest absolute Gasteiger partial charge is 0.443 e. The summed E-state index contributed by atoms with van der Waals surface area (Å²) < 4.78 is 4.71. The standard InChI is InChI=1S/C5H12N2O2.C3H8N2/c1-5(2,3)9-4(8)7-6;1-3(2)5-4/h6H2,1-3H3,(H,7,8);4H2,1-2H3. The second-order valence-corrected chi connectivity index (χ2v) is 3.72. The second-order valence-electron chi connectivity index (χ2n) is 3.72. The van der Waals surface area contributed by atoms with Gasteiger partial charge in [-0.3, -0.25) is 5.43 Å². The van der Waals surface area contributed by atoms with Gasteiger partial charge in [0, 0.05) is 5.71 Å². The number of rotatable bonds is 0. The fourth-order valence-electron chi connectivity index (χ4n) is 0.308. The molecular formula is C8H20N4O2. The molecule has 0 atom stereocenters. The molecule has 1 amide bonds. The second kappa shape index (κ2) is 7.14. The number of hydrazine groups is 1. The van der Waals surface area contributed by atoms with Gasteiger partial charge in [-0.15, -0.1) is 0 Å². The Morgan fingerprint density at radius 3 is 1.79 bits per heavy atom. The van der Waals surface area contributed by atoms with Crippen molar-refractivity contribution in [2.75, 3.05) is 0 Å². The van der Waals surface area contributed by atoms with E-state index in [1.54, 1.807) is 20.8 Å². The highest BCUT2D eigenvalue weighted by atomic mass is 16.6.